The van der Waals surface area contributed by atoms with E-state index in [2.05, 4.69) is 0 Å². The Kier molecular flexibility index (Phi) is 6.16. The third-order valence-corrected chi connectivity index (χ3v) is 3.42. The molecule has 2 amide bonds. The summed E-state index contributed by atoms with van der Waals surface area (Å²) in [6.45, 7) is 4.33. The molecule has 100 valence electrons. The number of likely N-dealkylation sites (N-methyl/N-ethyl adjacent to an activating group) is 2. The van der Waals surface area contributed by atoms with Gasteiger partial charge in [0.05, 0.1) is 12.0 Å². The van der Waals surface area contributed by atoms with Crippen LogP contribution in [0.25, 0.3) is 0 Å². The Morgan fingerprint density at radius 2 is 1.59 bits per heavy atom. The van der Waals surface area contributed by atoms with Crippen LogP contribution in [0.15, 0.2) is 0 Å². The fourth-order valence-corrected chi connectivity index (χ4v) is 1.75. The average Bonchev–Trinajstić information content (AvgIpc) is 2.31. The largest absolute Gasteiger partial charge is 0.347 e. The summed E-state index contributed by atoms with van der Waals surface area (Å²) in [7, 11) is 5.01. The van der Waals surface area contributed by atoms with E-state index in [0.717, 1.165) is 0 Å². The molecule has 2 N–H and O–H groups in total. The van der Waals surface area contributed by atoms with Gasteiger partial charge in [-0.05, 0) is 12.8 Å². The standard InChI is InChI=1S/C12H25N3O2/c1-6-12(7-2,9-13)11(17)15(5)8-10(16)14(3)4/h6-9,13H2,1-5H3. The van der Waals surface area contributed by atoms with Crippen molar-refractivity contribution >= 4 is 11.8 Å². The Morgan fingerprint density at radius 1 is 1.12 bits per heavy atom. The molecule has 0 bridgehead atoms. The van der Waals surface area contributed by atoms with Gasteiger partial charge in [-0.2, -0.15) is 0 Å². The highest BCUT2D eigenvalue weighted by atomic mass is 16.2. The van der Waals surface area contributed by atoms with Gasteiger partial charge in [-0.3, -0.25) is 9.59 Å². The maximum Gasteiger partial charge on any atom is 0.241 e. The molecule has 0 aromatic rings. The second-order valence-corrected chi connectivity index (χ2v) is 4.64. The van der Waals surface area contributed by atoms with E-state index in [1.54, 1.807) is 21.1 Å². The minimum atomic E-state index is -0.526. The normalized spacial score (nSPS) is 11.2. The number of carbonyl (C=O) groups is 2. The maximum atomic E-state index is 12.3. The topological polar surface area (TPSA) is 66.6 Å². The van der Waals surface area contributed by atoms with Crippen LogP contribution in [0.1, 0.15) is 26.7 Å². The van der Waals surface area contributed by atoms with Crippen molar-refractivity contribution in [1.29, 1.82) is 0 Å². The van der Waals surface area contributed by atoms with Crippen LogP contribution in [0.3, 0.4) is 0 Å². The summed E-state index contributed by atoms with van der Waals surface area (Å²) >= 11 is 0. The highest BCUT2D eigenvalue weighted by Crippen LogP contribution is 2.27. The molecular weight excluding hydrogens is 218 g/mol. The van der Waals surface area contributed by atoms with Crippen molar-refractivity contribution in [2.45, 2.75) is 26.7 Å². The molecule has 0 radical (unpaired) electrons. The van der Waals surface area contributed by atoms with Gasteiger partial charge in [0.2, 0.25) is 11.8 Å². The second-order valence-electron chi connectivity index (χ2n) is 4.64. The van der Waals surface area contributed by atoms with Gasteiger partial charge in [-0.15, -0.1) is 0 Å². The molecule has 0 aromatic carbocycles. The van der Waals surface area contributed by atoms with Crippen LogP contribution >= 0.6 is 0 Å². The van der Waals surface area contributed by atoms with Crippen molar-refractivity contribution in [1.82, 2.24) is 9.80 Å². The van der Waals surface area contributed by atoms with Gasteiger partial charge < -0.3 is 15.5 Å². The Bertz CT molecular complexity index is 265. The molecule has 0 unspecified atom stereocenters. The van der Waals surface area contributed by atoms with E-state index in [1.807, 2.05) is 13.8 Å². The van der Waals surface area contributed by atoms with Crippen LogP contribution in [0.2, 0.25) is 0 Å². The number of hydrogen-bond acceptors (Lipinski definition) is 3. The summed E-state index contributed by atoms with van der Waals surface area (Å²) in [6.07, 6.45) is 1.39. The lowest BCUT2D eigenvalue weighted by Crippen LogP contribution is -2.48. The van der Waals surface area contributed by atoms with Crippen molar-refractivity contribution < 1.29 is 9.59 Å². The molecule has 0 atom stereocenters. The first-order valence-corrected chi connectivity index (χ1v) is 6.00. The zero-order valence-electron chi connectivity index (χ0n) is 11.6. The van der Waals surface area contributed by atoms with Gasteiger partial charge in [-0.25, -0.2) is 0 Å². The van der Waals surface area contributed by atoms with E-state index >= 15 is 0 Å². The molecule has 0 fully saturated rings. The Morgan fingerprint density at radius 3 is 1.88 bits per heavy atom. The lowest BCUT2D eigenvalue weighted by atomic mass is 9.81. The first-order valence-electron chi connectivity index (χ1n) is 6.00. The Balaban J connectivity index is 4.73. The predicted octanol–water partition coefficient (Wildman–Crippen LogP) is 0.298. The molecule has 0 aliphatic heterocycles. The lowest BCUT2D eigenvalue weighted by Gasteiger charge is -2.33. The van der Waals surface area contributed by atoms with Crippen LogP contribution in [0.4, 0.5) is 0 Å². The number of amides is 2. The van der Waals surface area contributed by atoms with Gasteiger partial charge in [0.25, 0.3) is 0 Å². The SMILES string of the molecule is CCC(CC)(CN)C(=O)N(C)CC(=O)N(C)C. The molecule has 0 aliphatic rings. The van der Waals surface area contributed by atoms with Crippen molar-refractivity contribution in [3.8, 4) is 0 Å². The zero-order chi connectivity index (χ0) is 13.6. The lowest BCUT2D eigenvalue weighted by molar-refractivity contribution is -0.145. The summed E-state index contributed by atoms with van der Waals surface area (Å²) in [5.74, 6) is -0.126. The first-order chi connectivity index (χ1) is 7.84. The molecular formula is C12H25N3O2. The van der Waals surface area contributed by atoms with Crippen LogP contribution in [0, 0.1) is 5.41 Å². The Hall–Kier alpha value is -1.10. The molecule has 0 aliphatic carbocycles. The van der Waals surface area contributed by atoms with Crippen LogP contribution in [0.5, 0.6) is 0 Å². The summed E-state index contributed by atoms with van der Waals surface area (Å²) in [5.41, 5.74) is 5.19. The minimum absolute atomic E-state index is 0.0415. The smallest absolute Gasteiger partial charge is 0.241 e. The third kappa shape index (κ3) is 3.70. The molecule has 0 spiro atoms. The van der Waals surface area contributed by atoms with Crippen LogP contribution < -0.4 is 5.73 Å². The monoisotopic (exact) mass is 243 g/mol. The summed E-state index contributed by atoms with van der Waals surface area (Å²) < 4.78 is 0. The van der Waals surface area contributed by atoms with Crippen LogP contribution in [-0.4, -0.2) is 55.8 Å². The quantitative estimate of drug-likeness (QED) is 0.729. The van der Waals surface area contributed by atoms with Crippen molar-refractivity contribution in [2.75, 3.05) is 34.2 Å². The van der Waals surface area contributed by atoms with E-state index in [0.29, 0.717) is 19.4 Å². The van der Waals surface area contributed by atoms with Crippen molar-refractivity contribution in [3.63, 3.8) is 0 Å². The highest BCUT2D eigenvalue weighted by Gasteiger charge is 2.36. The van der Waals surface area contributed by atoms with Gasteiger partial charge in [-0.1, -0.05) is 13.8 Å². The minimum Gasteiger partial charge on any atom is -0.347 e. The van der Waals surface area contributed by atoms with E-state index in [9.17, 15) is 9.59 Å². The van der Waals surface area contributed by atoms with E-state index in [-0.39, 0.29) is 18.4 Å². The fraction of sp³-hybridized carbons (Fsp3) is 0.833. The summed E-state index contributed by atoms with van der Waals surface area (Å²) in [4.78, 5) is 26.8. The number of hydrogen-bond donors (Lipinski definition) is 1. The van der Waals surface area contributed by atoms with Crippen molar-refractivity contribution in [3.05, 3.63) is 0 Å². The van der Waals surface area contributed by atoms with E-state index in [1.165, 1.54) is 9.80 Å². The Labute approximate surface area is 104 Å². The maximum absolute atomic E-state index is 12.3. The number of rotatable bonds is 6. The predicted molar refractivity (Wildman–Crippen MR) is 68.4 cm³/mol. The molecule has 0 heterocycles. The van der Waals surface area contributed by atoms with E-state index in [4.69, 9.17) is 5.73 Å². The molecule has 0 saturated carbocycles. The average molecular weight is 243 g/mol. The molecule has 0 saturated heterocycles. The summed E-state index contributed by atoms with van der Waals surface area (Å²) in [5, 5.41) is 0. The van der Waals surface area contributed by atoms with E-state index < -0.39 is 5.41 Å². The summed E-state index contributed by atoms with van der Waals surface area (Å²) in [6, 6.07) is 0. The van der Waals surface area contributed by atoms with Crippen molar-refractivity contribution in [2.24, 2.45) is 11.1 Å². The van der Waals surface area contributed by atoms with Gasteiger partial charge in [0.15, 0.2) is 0 Å². The molecule has 0 aromatic heterocycles. The number of nitrogens with zero attached hydrogens (tertiary/aromatic N) is 2. The van der Waals surface area contributed by atoms with Gasteiger partial charge >= 0.3 is 0 Å². The molecule has 5 nitrogen and oxygen atoms in total. The second kappa shape index (κ2) is 6.59. The highest BCUT2D eigenvalue weighted by molar-refractivity contribution is 5.87. The molecule has 17 heavy (non-hydrogen) atoms. The van der Waals surface area contributed by atoms with Gasteiger partial charge in [0.1, 0.15) is 0 Å². The molecule has 0 rings (SSSR count). The number of carbonyl (C=O) groups excluding carboxylic acids is 2. The zero-order valence-corrected chi connectivity index (χ0v) is 11.6. The molecule has 5 heteroatoms. The van der Waals surface area contributed by atoms with Crippen LogP contribution in [-0.2, 0) is 9.59 Å². The fourth-order valence-electron chi connectivity index (χ4n) is 1.75. The third-order valence-electron chi connectivity index (χ3n) is 3.42. The number of nitrogens with two attached hydrogens (primary N) is 1. The van der Waals surface area contributed by atoms with Gasteiger partial charge in [0, 0.05) is 27.7 Å². The first kappa shape index (κ1) is 15.9.